The van der Waals surface area contributed by atoms with Crippen LogP contribution in [0.3, 0.4) is 0 Å². The second-order valence-electron chi connectivity index (χ2n) is 6.96. The van der Waals surface area contributed by atoms with E-state index in [0.29, 0.717) is 24.6 Å². The zero-order valence-corrected chi connectivity index (χ0v) is 15.4. The van der Waals surface area contributed by atoms with Gasteiger partial charge in [0, 0.05) is 29.7 Å². The van der Waals surface area contributed by atoms with E-state index in [1.54, 1.807) is 11.1 Å². The van der Waals surface area contributed by atoms with Crippen LogP contribution in [0, 0.1) is 0 Å². The standard InChI is InChI=1S/C17H22N4O3S/c1-17(2,3)24-16(23)21-8-6-12-13(10-21)25-15(19-12)20-14(22)9-11-5-4-7-18-11/h4-5,7,18H,6,8-10H2,1-3H3,(H,19,20,22). The smallest absolute Gasteiger partial charge is 0.410 e. The second kappa shape index (κ2) is 6.87. The molecule has 2 aromatic rings. The molecule has 0 aliphatic carbocycles. The van der Waals surface area contributed by atoms with E-state index in [2.05, 4.69) is 15.3 Å². The van der Waals surface area contributed by atoms with Gasteiger partial charge in [0.2, 0.25) is 5.91 Å². The lowest BCUT2D eigenvalue weighted by atomic mass is 10.2. The maximum Gasteiger partial charge on any atom is 0.410 e. The van der Waals surface area contributed by atoms with Gasteiger partial charge >= 0.3 is 6.09 Å². The van der Waals surface area contributed by atoms with Crippen LogP contribution in [-0.2, 0) is 28.9 Å². The van der Waals surface area contributed by atoms with Gasteiger partial charge in [-0.3, -0.25) is 4.79 Å². The lowest BCUT2D eigenvalue weighted by molar-refractivity contribution is -0.115. The molecule has 0 unspecified atom stereocenters. The van der Waals surface area contributed by atoms with Crippen LogP contribution in [-0.4, -0.2) is 39.0 Å². The highest BCUT2D eigenvalue weighted by atomic mass is 32.1. The third kappa shape index (κ3) is 4.60. The molecule has 8 heteroatoms. The number of nitrogens with one attached hydrogen (secondary N) is 2. The van der Waals surface area contributed by atoms with Crippen molar-refractivity contribution in [1.29, 1.82) is 0 Å². The summed E-state index contributed by atoms with van der Waals surface area (Å²) in [5, 5.41) is 3.41. The Morgan fingerprint density at radius 1 is 1.44 bits per heavy atom. The molecular formula is C17H22N4O3S. The monoisotopic (exact) mass is 362 g/mol. The molecule has 7 nitrogen and oxygen atoms in total. The molecule has 25 heavy (non-hydrogen) atoms. The van der Waals surface area contributed by atoms with E-state index in [9.17, 15) is 9.59 Å². The fraction of sp³-hybridized carbons (Fsp3) is 0.471. The first-order chi connectivity index (χ1) is 11.8. The summed E-state index contributed by atoms with van der Waals surface area (Å²) in [6, 6.07) is 3.72. The van der Waals surface area contributed by atoms with E-state index in [1.165, 1.54) is 11.3 Å². The number of rotatable bonds is 3. The lowest BCUT2D eigenvalue weighted by Gasteiger charge is -2.29. The van der Waals surface area contributed by atoms with Crippen molar-refractivity contribution in [3.05, 3.63) is 34.6 Å². The zero-order valence-electron chi connectivity index (χ0n) is 14.6. The topological polar surface area (TPSA) is 87.3 Å². The van der Waals surface area contributed by atoms with Crippen molar-refractivity contribution in [3.63, 3.8) is 0 Å². The first kappa shape index (κ1) is 17.5. The van der Waals surface area contributed by atoms with Crippen LogP contribution >= 0.6 is 11.3 Å². The molecule has 0 radical (unpaired) electrons. The first-order valence-corrected chi connectivity index (χ1v) is 9.00. The van der Waals surface area contributed by atoms with E-state index in [4.69, 9.17) is 4.74 Å². The van der Waals surface area contributed by atoms with Gasteiger partial charge in [0.15, 0.2) is 5.13 Å². The van der Waals surface area contributed by atoms with Crippen LogP contribution in [0.1, 0.15) is 37.0 Å². The summed E-state index contributed by atoms with van der Waals surface area (Å²) < 4.78 is 5.42. The van der Waals surface area contributed by atoms with Gasteiger partial charge in [-0.05, 0) is 32.9 Å². The number of fused-ring (bicyclic) bond motifs is 1. The Hall–Kier alpha value is -2.35. The molecule has 0 fully saturated rings. The van der Waals surface area contributed by atoms with Gasteiger partial charge in [0.1, 0.15) is 5.60 Å². The van der Waals surface area contributed by atoms with Crippen LogP contribution in [0.2, 0.25) is 0 Å². The molecule has 134 valence electrons. The third-order valence-electron chi connectivity index (χ3n) is 3.64. The van der Waals surface area contributed by atoms with E-state index in [-0.39, 0.29) is 18.4 Å². The average Bonchev–Trinajstić information content (AvgIpc) is 3.13. The van der Waals surface area contributed by atoms with Gasteiger partial charge in [-0.25, -0.2) is 9.78 Å². The molecule has 0 saturated heterocycles. The van der Waals surface area contributed by atoms with Crippen molar-refractivity contribution < 1.29 is 14.3 Å². The number of amides is 2. The van der Waals surface area contributed by atoms with E-state index < -0.39 is 5.60 Å². The average molecular weight is 362 g/mol. The predicted molar refractivity (Wildman–Crippen MR) is 95.6 cm³/mol. The molecule has 2 N–H and O–H groups in total. The number of thiazole rings is 1. The Morgan fingerprint density at radius 3 is 2.92 bits per heavy atom. The molecule has 3 rings (SSSR count). The number of nitrogens with zero attached hydrogens (tertiary/aromatic N) is 2. The van der Waals surface area contributed by atoms with Crippen molar-refractivity contribution in [2.45, 2.75) is 45.8 Å². The summed E-state index contributed by atoms with van der Waals surface area (Å²) in [5.74, 6) is -0.113. The second-order valence-corrected chi connectivity index (χ2v) is 8.04. The van der Waals surface area contributed by atoms with Crippen LogP contribution in [0.15, 0.2) is 18.3 Å². The molecule has 1 aliphatic rings. The molecule has 0 bridgehead atoms. The number of hydrogen-bond acceptors (Lipinski definition) is 5. The molecule has 2 aromatic heterocycles. The van der Waals surface area contributed by atoms with Gasteiger partial charge in [-0.2, -0.15) is 0 Å². The number of ether oxygens (including phenoxy) is 1. The van der Waals surface area contributed by atoms with Crippen LogP contribution < -0.4 is 5.32 Å². The van der Waals surface area contributed by atoms with Gasteiger partial charge in [0.05, 0.1) is 18.7 Å². The van der Waals surface area contributed by atoms with Crippen LogP contribution in [0.4, 0.5) is 9.93 Å². The Balaban J connectivity index is 1.61. The SMILES string of the molecule is CC(C)(C)OC(=O)N1CCc2nc(NC(=O)Cc3ccc[nH]3)sc2C1. The van der Waals surface area contributed by atoms with Crippen LogP contribution in [0.5, 0.6) is 0 Å². The number of hydrogen-bond donors (Lipinski definition) is 2. The minimum Gasteiger partial charge on any atom is -0.444 e. The highest BCUT2D eigenvalue weighted by Crippen LogP contribution is 2.29. The number of aromatic amines is 1. The van der Waals surface area contributed by atoms with E-state index >= 15 is 0 Å². The normalized spacial score (nSPS) is 14.1. The van der Waals surface area contributed by atoms with Gasteiger partial charge in [-0.1, -0.05) is 11.3 Å². The number of aromatic nitrogens is 2. The third-order valence-corrected chi connectivity index (χ3v) is 4.64. The minimum absolute atomic E-state index is 0.113. The fourth-order valence-corrected chi connectivity index (χ4v) is 3.59. The maximum absolute atomic E-state index is 12.2. The Morgan fingerprint density at radius 2 is 2.24 bits per heavy atom. The number of carbonyl (C=O) groups is 2. The molecule has 0 spiro atoms. The number of anilines is 1. The highest BCUT2D eigenvalue weighted by molar-refractivity contribution is 7.15. The summed E-state index contributed by atoms with van der Waals surface area (Å²) in [6.07, 6.45) is 2.42. The molecule has 0 aromatic carbocycles. The molecule has 0 atom stereocenters. The summed E-state index contributed by atoms with van der Waals surface area (Å²) >= 11 is 1.41. The molecule has 0 saturated carbocycles. The van der Waals surface area contributed by atoms with Gasteiger partial charge in [-0.15, -0.1) is 0 Å². The highest BCUT2D eigenvalue weighted by Gasteiger charge is 2.28. The fourth-order valence-electron chi connectivity index (χ4n) is 2.55. The van der Waals surface area contributed by atoms with Crippen molar-refractivity contribution in [2.75, 3.05) is 11.9 Å². The van der Waals surface area contributed by atoms with Crippen molar-refractivity contribution in [3.8, 4) is 0 Å². The molecule has 2 amide bonds. The molecular weight excluding hydrogens is 340 g/mol. The van der Waals surface area contributed by atoms with Gasteiger partial charge in [0.25, 0.3) is 0 Å². The summed E-state index contributed by atoms with van der Waals surface area (Å²) in [5.41, 5.74) is 1.29. The maximum atomic E-state index is 12.2. The Kier molecular flexibility index (Phi) is 4.80. The largest absolute Gasteiger partial charge is 0.444 e. The Bertz CT molecular complexity index is 761. The van der Waals surface area contributed by atoms with E-state index in [1.807, 2.05) is 32.9 Å². The Labute approximate surface area is 150 Å². The first-order valence-electron chi connectivity index (χ1n) is 8.19. The summed E-state index contributed by atoms with van der Waals surface area (Å²) in [7, 11) is 0. The number of H-pyrrole nitrogens is 1. The molecule has 1 aliphatic heterocycles. The van der Waals surface area contributed by atoms with Gasteiger partial charge < -0.3 is 19.9 Å². The summed E-state index contributed by atoms with van der Waals surface area (Å²) in [4.78, 5) is 34.4. The number of carbonyl (C=O) groups excluding carboxylic acids is 2. The lowest BCUT2D eigenvalue weighted by Crippen LogP contribution is -2.39. The predicted octanol–water partition coefficient (Wildman–Crippen LogP) is 2.95. The quantitative estimate of drug-likeness (QED) is 0.879. The van der Waals surface area contributed by atoms with E-state index in [0.717, 1.165) is 16.3 Å². The van der Waals surface area contributed by atoms with Crippen molar-refractivity contribution in [2.24, 2.45) is 0 Å². The van der Waals surface area contributed by atoms with Crippen molar-refractivity contribution in [1.82, 2.24) is 14.9 Å². The minimum atomic E-state index is -0.512. The zero-order chi connectivity index (χ0) is 18.0. The van der Waals surface area contributed by atoms with Crippen molar-refractivity contribution >= 4 is 28.5 Å². The molecule has 3 heterocycles. The summed E-state index contributed by atoms with van der Waals surface area (Å²) in [6.45, 7) is 6.59. The van der Waals surface area contributed by atoms with Crippen LogP contribution in [0.25, 0.3) is 0 Å².